The molecule has 2 aliphatic carbocycles. The molecule has 0 heterocycles. The molecule has 4 aromatic carbocycles. The molecule has 0 unspecified atom stereocenters. The number of nitrogens with one attached hydrogen (secondary N) is 2. The number of ether oxygens (including phenoxy) is 2. The van der Waals surface area contributed by atoms with Crippen LogP contribution in [-0.4, -0.2) is 43.3 Å². The second kappa shape index (κ2) is 15.7. The fourth-order valence-electron chi connectivity index (χ4n) is 6.45. The number of benzene rings is 4. The molecule has 4 aromatic rings. The summed E-state index contributed by atoms with van der Waals surface area (Å²) in [5.41, 5.74) is 9.27. The van der Waals surface area contributed by atoms with Crippen molar-refractivity contribution in [3.05, 3.63) is 131 Å². The molecule has 0 aliphatic heterocycles. The number of alkyl carbamates (subject to hydrolysis) is 1. The molecule has 0 saturated carbocycles. The van der Waals surface area contributed by atoms with Crippen LogP contribution in [0.15, 0.2) is 103 Å². The van der Waals surface area contributed by atoms with Crippen LogP contribution in [0, 0.1) is 0 Å². The monoisotopic (exact) mass is 673 g/mol. The van der Waals surface area contributed by atoms with E-state index in [0.717, 1.165) is 46.3 Å². The van der Waals surface area contributed by atoms with Gasteiger partial charge >= 0.3 is 12.1 Å². The summed E-state index contributed by atoms with van der Waals surface area (Å²) in [6.07, 6.45) is 6.35. The zero-order valence-corrected chi connectivity index (χ0v) is 28.3. The fourth-order valence-corrected chi connectivity index (χ4v) is 6.71. The molecule has 0 fully saturated rings. The number of hydrogen-bond acceptors (Lipinski definition) is 6. The molecule has 0 atom stereocenters. The molecule has 0 saturated heterocycles. The lowest BCUT2D eigenvalue weighted by molar-refractivity contribution is -0.140. The SMILES string of the molecule is COC(=O)CCNC(=O)c1ccc(CN(C(=S)NC(=O)OCC2c3ccccc3-c3ccccc32)c2ccc(C3=CCCCC3)cc2)cc1. The number of methoxy groups -OCH3 is 1. The van der Waals surface area contributed by atoms with E-state index in [1.54, 1.807) is 12.1 Å². The van der Waals surface area contributed by atoms with Crippen LogP contribution in [0.3, 0.4) is 0 Å². The van der Waals surface area contributed by atoms with Crippen molar-refractivity contribution in [3.8, 4) is 11.1 Å². The van der Waals surface area contributed by atoms with Crippen molar-refractivity contribution < 1.29 is 23.9 Å². The number of nitrogens with zero attached hydrogens (tertiary/aromatic N) is 1. The van der Waals surface area contributed by atoms with E-state index in [-0.39, 0.29) is 42.5 Å². The third-order valence-corrected chi connectivity index (χ3v) is 9.36. The van der Waals surface area contributed by atoms with Gasteiger partial charge < -0.3 is 19.7 Å². The van der Waals surface area contributed by atoms with Crippen molar-refractivity contribution in [2.75, 3.05) is 25.2 Å². The second-order valence-corrected chi connectivity index (χ2v) is 12.5. The zero-order valence-electron chi connectivity index (χ0n) is 27.4. The van der Waals surface area contributed by atoms with Gasteiger partial charge in [0.25, 0.3) is 5.91 Å². The number of allylic oxidation sites excluding steroid dienone is 2. The number of hydrogen-bond donors (Lipinski definition) is 2. The first-order chi connectivity index (χ1) is 23.9. The van der Waals surface area contributed by atoms with E-state index < -0.39 is 6.09 Å². The maximum absolute atomic E-state index is 13.2. The van der Waals surface area contributed by atoms with Crippen LogP contribution in [0.1, 0.15) is 70.6 Å². The molecule has 250 valence electrons. The van der Waals surface area contributed by atoms with E-state index in [2.05, 4.69) is 57.8 Å². The molecule has 9 heteroatoms. The van der Waals surface area contributed by atoms with Gasteiger partial charge in [-0.3, -0.25) is 14.9 Å². The van der Waals surface area contributed by atoms with Crippen LogP contribution < -0.4 is 15.5 Å². The van der Waals surface area contributed by atoms with Crippen molar-refractivity contribution in [2.45, 2.75) is 44.6 Å². The lowest BCUT2D eigenvalue weighted by Crippen LogP contribution is -2.43. The smallest absolute Gasteiger partial charge is 0.413 e. The molecule has 0 aromatic heterocycles. The van der Waals surface area contributed by atoms with E-state index in [0.29, 0.717) is 12.1 Å². The summed E-state index contributed by atoms with van der Waals surface area (Å²) in [5, 5.41) is 5.73. The zero-order chi connectivity index (χ0) is 34.2. The molecule has 2 aliphatic rings. The predicted molar refractivity (Wildman–Crippen MR) is 195 cm³/mol. The minimum Gasteiger partial charge on any atom is -0.469 e. The summed E-state index contributed by atoms with van der Waals surface area (Å²) in [7, 11) is 1.31. The Kier molecular flexibility index (Phi) is 10.8. The maximum Gasteiger partial charge on any atom is 0.413 e. The van der Waals surface area contributed by atoms with Crippen molar-refractivity contribution in [1.82, 2.24) is 10.6 Å². The molecule has 8 nitrogen and oxygen atoms in total. The quantitative estimate of drug-likeness (QED) is 0.131. The summed E-state index contributed by atoms with van der Waals surface area (Å²) in [4.78, 5) is 39.0. The summed E-state index contributed by atoms with van der Waals surface area (Å²) in [6, 6.07) is 31.8. The number of fused-ring (bicyclic) bond motifs is 3. The van der Waals surface area contributed by atoms with Crippen LogP contribution >= 0.6 is 12.2 Å². The Labute approximate surface area is 292 Å². The van der Waals surface area contributed by atoms with Gasteiger partial charge in [-0.15, -0.1) is 0 Å². The van der Waals surface area contributed by atoms with Crippen LogP contribution in [0.25, 0.3) is 16.7 Å². The van der Waals surface area contributed by atoms with Crippen molar-refractivity contribution in [2.24, 2.45) is 0 Å². The van der Waals surface area contributed by atoms with Gasteiger partial charge in [-0.1, -0.05) is 78.9 Å². The number of carbonyl (C=O) groups excluding carboxylic acids is 3. The van der Waals surface area contributed by atoms with Gasteiger partial charge in [-0.2, -0.15) is 0 Å². The number of esters is 1. The molecule has 0 radical (unpaired) electrons. The first-order valence-corrected chi connectivity index (χ1v) is 17.0. The first kappa shape index (κ1) is 33.6. The molecule has 0 spiro atoms. The topological polar surface area (TPSA) is 97.0 Å². The molecule has 2 N–H and O–H groups in total. The third kappa shape index (κ3) is 8.06. The van der Waals surface area contributed by atoms with E-state index in [1.165, 1.54) is 31.1 Å². The molecule has 2 amide bonds. The highest BCUT2D eigenvalue weighted by molar-refractivity contribution is 7.80. The van der Waals surface area contributed by atoms with Crippen LogP contribution in [0.5, 0.6) is 0 Å². The Bertz CT molecular complexity index is 1820. The Balaban J connectivity index is 1.15. The van der Waals surface area contributed by atoms with Gasteiger partial charge in [-0.05, 0) is 101 Å². The van der Waals surface area contributed by atoms with Gasteiger partial charge in [0.05, 0.1) is 20.1 Å². The molecular formula is C40H39N3O5S. The van der Waals surface area contributed by atoms with Gasteiger partial charge in [0.2, 0.25) is 0 Å². The first-order valence-electron chi connectivity index (χ1n) is 16.6. The largest absolute Gasteiger partial charge is 0.469 e. The summed E-state index contributed by atoms with van der Waals surface area (Å²) >= 11 is 5.81. The lowest BCUT2D eigenvalue weighted by atomic mass is 9.93. The van der Waals surface area contributed by atoms with Crippen LogP contribution in [0.2, 0.25) is 0 Å². The van der Waals surface area contributed by atoms with E-state index >= 15 is 0 Å². The van der Waals surface area contributed by atoms with Gasteiger partial charge in [0.1, 0.15) is 6.61 Å². The number of amides is 2. The predicted octanol–water partition coefficient (Wildman–Crippen LogP) is 7.77. The Hall–Kier alpha value is -5.28. The van der Waals surface area contributed by atoms with E-state index in [1.807, 2.05) is 53.4 Å². The van der Waals surface area contributed by atoms with Gasteiger partial charge in [0, 0.05) is 23.7 Å². The number of thiocarbonyl (C=S) groups is 1. The molecular weight excluding hydrogens is 635 g/mol. The second-order valence-electron chi connectivity index (χ2n) is 12.1. The normalized spacial score (nSPS) is 13.4. The standard InChI is InChI=1S/C40H39N3O5S/c1-47-37(44)23-24-41-38(45)30-17-15-27(16-18-30)25-43(31-21-19-29(20-22-31)28-9-3-2-4-10-28)39(49)42-40(46)48-26-36-34-13-7-5-11-32(34)33-12-6-8-14-35(33)36/h5-9,11-22,36H,2-4,10,23-26H2,1H3,(H,41,45)(H,42,46,49). The number of rotatable bonds is 10. The Morgan fingerprint density at radius 1 is 0.857 bits per heavy atom. The average molecular weight is 674 g/mol. The Morgan fingerprint density at radius 3 is 2.16 bits per heavy atom. The van der Waals surface area contributed by atoms with E-state index in [4.69, 9.17) is 17.0 Å². The molecule has 6 rings (SSSR count). The van der Waals surface area contributed by atoms with Crippen LogP contribution in [0.4, 0.5) is 10.5 Å². The highest BCUT2D eigenvalue weighted by Gasteiger charge is 2.29. The lowest BCUT2D eigenvalue weighted by Gasteiger charge is -2.26. The van der Waals surface area contributed by atoms with Gasteiger partial charge in [-0.25, -0.2) is 4.79 Å². The van der Waals surface area contributed by atoms with E-state index in [9.17, 15) is 14.4 Å². The highest BCUT2D eigenvalue weighted by Crippen LogP contribution is 2.44. The minimum absolute atomic E-state index is 0.0688. The maximum atomic E-state index is 13.2. The number of carbonyl (C=O) groups is 3. The van der Waals surface area contributed by atoms with Gasteiger partial charge in [0.15, 0.2) is 5.11 Å². The Morgan fingerprint density at radius 2 is 1.53 bits per heavy atom. The average Bonchev–Trinajstić information content (AvgIpc) is 3.47. The molecule has 0 bridgehead atoms. The summed E-state index contributed by atoms with van der Waals surface area (Å²) in [6.45, 7) is 0.702. The van der Waals surface area contributed by atoms with Crippen LogP contribution in [-0.2, 0) is 20.8 Å². The van der Waals surface area contributed by atoms with Crippen molar-refractivity contribution in [1.29, 1.82) is 0 Å². The van der Waals surface area contributed by atoms with Crippen molar-refractivity contribution in [3.63, 3.8) is 0 Å². The summed E-state index contributed by atoms with van der Waals surface area (Å²) in [5.74, 6) is -0.741. The molecule has 49 heavy (non-hydrogen) atoms. The minimum atomic E-state index is -0.625. The summed E-state index contributed by atoms with van der Waals surface area (Å²) < 4.78 is 10.4. The highest BCUT2D eigenvalue weighted by atomic mass is 32.1. The number of anilines is 1. The third-order valence-electron chi connectivity index (χ3n) is 9.04. The fraction of sp³-hybridized carbons (Fsp3) is 0.250. The van der Waals surface area contributed by atoms with Crippen molar-refractivity contribution >= 4 is 46.6 Å².